The van der Waals surface area contributed by atoms with Crippen LogP contribution in [-0.2, 0) is 31.3 Å². The number of fused-ring (bicyclic) bond motifs is 4. The summed E-state index contributed by atoms with van der Waals surface area (Å²) < 4.78 is 48.4. The van der Waals surface area contributed by atoms with Crippen LogP contribution in [0.4, 0.5) is 5.69 Å². The summed E-state index contributed by atoms with van der Waals surface area (Å²) in [5.74, 6) is 0.285. The maximum absolute atomic E-state index is 13.9. The zero-order chi connectivity index (χ0) is 32.8. The fraction of sp³-hybridized carbons (Fsp3) is 0.583. The summed E-state index contributed by atoms with van der Waals surface area (Å²) >= 11 is 6.41. The fourth-order valence-corrected chi connectivity index (χ4v) is 10.3. The van der Waals surface area contributed by atoms with Gasteiger partial charge in [0.15, 0.2) is 0 Å². The van der Waals surface area contributed by atoms with Gasteiger partial charge in [-0.2, -0.15) is 0 Å². The Hall–Kier alpha value is -2.63. The molecule has 0 unspecified atom stereocenters. The first-order chi connectivity index (χ1) is 22.7. The molecule has 3 heterocycles. The number of benzene rings is 2. The van der Waals surface area contributed by atoms with Crippen LogP contribution in [0.1, 0.15) is 72.9 Å². The highest BCUT2D eigenvalue weighted by Crippen LogP contribution is 2.47. The van der Waals surface area contributed by atoms with Crippen LogP contribution >= 0.6 is 11.6 Å². The van der Waals surface area contributed by atoms with Crippen molar-refractivity contribution in [1.29, 1.82) is 0 Å². The highest BCUT2D eigenvalue weighted by molar-refractivity contribution is 7.90. The van der Waals surface area contributed by atoms with Crippen molar-refractivity contribution in [2.24, 2.45) is 11.8 Å². The maximum atomic E-state index is 13.9. The zero-order valence-corrected chi connectivity index (χ0v) is 28.5. The second kappa shape index (κ2) is 13.3. The van der Waals surface area contributed by atoms with Gasteiger partial charge in [-0.05, 0) is 111 Å². The van der Waals surface area contributed by atoms with Gasteiger partial charge in [0.05, 0.1) is 30.6 Å². The summed E-state index contributed by atoms with van der Waals surface area (Å²) in [7, 11) is -2.69. The first kappa shape index (κ1) is 32.9. The average molecular weight is 685 g/mol. The molecule has 2 aromatic carbocycles. The molecule has 254 valence electrons. The van der Waals surface area contributed by atoms with Gasteiger partial charge in [0, 0.05) is 42.8 Å². The molecule has 3 aliphatic heterocycles. The number of carbonyl (C=O) groups excluding carboxylic acids is 1. The SMILES string of the molecule is CO[C@@H]1C/C=C/[C@H](O)[C@@H]2CC[C@H]2CN2C[C@@]3(CCCc4cc(Cl)ccc43)COc3ccc(cc32)C(=O)NS(=O)(=O)[C@H]1C[C@@H]1CCCO1. The van der Waals surface area contributed by atoms with Crippen LogP contribution in [0.15, 0.2) is 48.6 Å². The topological polar surface area (TPSA) is 114 Å². The minimum atomic E-state index is -4.18. The summed E-state index contributed by atoms with van der Waals surface area (Å²) in [6.45, 7) is 2.43. The van der Waals surface area contributed by atoms with Crippen molar-refractivity contribution in [3.05, 3.63) is 70.3 Å². The van der Waals surface area contributed by atoms with E-state index in [0.717, 1.165) is 55.7 Å². The number of nitrogens with one attached hydrogen (secondary N) is 1. The number of hydrogen-bond acceptors (Lipinski definition) is 8. The van der Waals surface area contributed by atoms with Crippen LogP contribution in [0, 0.1) is 11.8 Å². The second-order valence-corrected chi connectivity index (χ2v) is 16.4. The van der Waals surface area contributed by atoms with E-state index in [1.165, 1.54) is 18.2 Å². The molecular weight excluding hydrogens is 640 g/mol. The molecule has 47 heavy (non-hydrogen) atoms. The standard InChI is InChI=1S/C36H45ClN2O7S/c1-44-33-8-2-7-31(40)28-12-9-25(28)20-39-21-36(15-3-5-23-17-26(37)11-13-29(23)36)22-46-32-14-10-24(18-30(32)39)35(41)38-47(42,43)34(33)19-27-6-4-16-45-27/h2,7,10-11,13-14,17-18,25,27-28,31,33-34,40H,3-6,8-9,12,15-16,19-22H2,1H3,(H,38,41)/b7-2+/t25-,27-,28+,31-,33+,34-,36-/m0/s1. The molecule has 7 rings (SSSR count). The number of nitrogens with zero attached hydrogens (tertiary/aromatic N) is 1. The number of amides is 1. The van der Waals surface area contributed by atoms with Crippen molar-refractivity contribution in [1.82, 2.24) is 4.72 Å². The lowest BCUT2D eigenvalue weighted by atomic mass is 9.68. The van der Waals surface area contributed by atoms with Crippen LogP contribution in [-0.4, -0.2) is 76.4 Å². The van der Waals surface area contributed by atoms with E-state index in [1.807, 2.05) is 12.1 Å². The van der Waals surface area contributed by atoms with Crippen LogP contribution in [0.25, 0.3) is 0 Å². The molecule has 7 atom stereocenters. The Bertz CT molecular complexity index is 1630. The van der Waals surface area contributed by atoms with Gasteiger partial charge in [-0.15, -0.1) is 0 Å². The van der Waals surface area contributed by atoms with E-state index in [2.05, 4.69) is 21.8 Å². The Kier molecular flexibility index (Phi) is 9.34. The quantitative estimate of drug-likeness (QED) is 0.426. The summed E-state index contributed by atoms with van der Waals surface area (Å²) in [4.78, 5) is 16.1. The third-order valence-corrected chi connectivity index (χ3v) is 13.2. The van der Waals surface area contributed by atoms with Gasteiger partial charge < -0.3 is 24.2 Å². The number of rotatable bonds is 3. The number of sulfonamides is 1. The highest BCUT2D eigenvalue weighted by atomic mass is 35.5. The predicted molar refractivity (Wildman–Crippen MR) is 181 cm³/mol. The van der Waals surface area contributed by atoms with Gasteiger partial charge in [-0.3, -0.25) is 4.79 Å². The molecule has 1 saturated carbocycles. The molecule has 2 aromatic rings. The molecule has 0 aromatic heterocycles. The average Bonchev–Trinajstić information content (AvgIpc) is 3.50. The Balaban J connectivity index is 1.27. The number of ether oxygens (including phenoxy) is 3. The monoisotopic (exact) mass is 684 g/mol. The molecule has 2 N–H and O–H groups in total. The van der Waals surface area contributed by atoms with Crippen molar-refractivity contribution in [2.45, 2.75) is 86.8 Å². The summed E-state index contributed by atoms with van der Waals surface area (Å²) in [6, 6.07) is 11.3. The van der Waals surface area contributed by atoms with E-state index in [-0.39, 0.29) is 41.8 Å². The van der Waals surface area contributed by atoms with E-state index in [9.17, 15) is 18.3 Å². The number of hydrogen-bond donors (Lipinski definition) is 2. The maximum Gasteiger partial charge on any atom is 0.264 e. The van der Waals surface area contributed by atoms with Crippen molar-refractivity contribution < 1.29 is 32.5 Å². The number of aryl methyl sites for hydroxylation is 1. The fourth-order valence-electron chi connectivity index (χ4n) is 8.54. The van der Waals surface area contributed by atoms with Crippen LogP contribution < -0.4 is 14.4 Å². The Morgan fingerprint density at radius 1 is 1.15 bits per heavy atom. The molecule has 1 amide bonds. The van der Waals surface area contributed by atoms with E-state index in [0.29, 0.717) is 32.1 Å². The minimum Gasteiger partial charge on any atom is -0.490 e. The van der Waals surface area contributed by atoms with E-state index >= 15 is 0 Å². The molecule has 5 aliphatic rings. The van der Waals surface area contributed by atoms with Crippen LogP contribution in [0.2, 0.25) is 5.02 Å². The number of aliphatic hydroxyl groups is 1. The lowest BCUT2D eigenvalue weighted by Gasteiger charge is -2.45. The van der Waals surface area contributed by atoms with Gasteiger partial charge in [-0.25, -0.2) is 13.1 Å². The molecule has 11 heteroatoms. The largest absolute Gasteiger partial charge is 0.490 e. The van der Waals surface area contributed by atoms with Crippen molar-refractivity contribution in [3.63, 3.8) is 0 Å². The summed E-state index contributed by atoms with van der Waals surface area (Å²) in [6.07, 6.45) is 8.95. The van der Waals surface area contributed by atoms with Crippen molar-refractivity contribution in [3.8, 4) is 5.75 Å². The van der Waals surface area contributed by atoms with Gasteiger partial charge in [-0.1, -0.05) is 29.8 Å². The van der Waals surface area contributed by atoms with Gasteiger partial charge in [0.25, 0.3) is 5.91 Å². The number of carbonyl (C=O) groups is 1. The molecule has 2 bridgehead atoms. The van der Waals surface area contributed by atoms with Gasteiger partial charge >= 0.3 is 0 Å². The molecule has 0 radical (unpaired) electrons. The highest BCUT2D eigenvalue weighted by Gasteiger charge is 2.45. The molecule has 2 fully saturated rings. The smallest absolute Gasteiger partial charge is 0.264 e. The molecule has 1 spiro atoms. The predicted octanol–water partition coefficient (Wildman–Crippen LogP) is 5.17. The lowest BCUT2D eigenvalue weighted by molar-refractivity contribution is 0.0447. The van der Waals surface area contributed by atoms with E-state index in [1.54, 1.807) is 24.3 Å². The second-order valence-electron chi connectivity index (χ2n) is 14.1. The number of methoxy groups -OCH3 is 1. The number of halogens is 1. The zero-order valence-electron chi connectivity index (χ0n) is 26.9. The number of anilines is 1. The summed E-state index contributed by atoms with van der Waals surface area (Å²) in [5, 5.41) is 11.0. The first-order valence-electron chi connectivity index (χ1n) is 17.0. The third kappa shape index (κ3) is 6.56. The molecular formula is C36H45ClN2O7S. The van der Waals surface area contributed by atoms with Crippen LogP contribution in [0.3, 0.4) is 0 Å². The molecule has 1 saturated heterocycles. The molecule has 9 nitrogen and oxygen atoms in total. The number of aliphatic hydroxyl groups excluding tert-OH is 1. The van der Waals surface area contributed by atoms with Gasteiger partial charge in [0.1, 0.15) is 11.0 Å². The summed E-state index contributed by atoms with van der Waals surface area (Å²) in [5.41, 5.74) is 3.21. The van der Waals surface area contributed by atoms with E-state index < -0.39 is 33.4 Å². The van der Waals surface area contributed by atoms with Crippen molar-refractivity contribution >= 4 is 33.2 Å². The Morgan fingerprint density at radius 3 is 2.79 bits per heavy atom. The minimum absolute atomic E-state index is 0.0686. The van der Waals surface area contributed by atoms with Crippen LogP contribution in [0.5, 0.6) is 5.75 Å². The Labute approximate surface area is 282 Å². The van der Waals surface area contributed by atoms with E-state index in [4.69, 9.17) is 25.8 Å². The van der Waals surface area contributed by atoms with Gasteiger partial charge in [0.2, 0.25) is 10.0 Å². The lowest BCUT2D eigenvalue weighted by Crippen LogP contribution is -2.49. The third-order valence-electron chi connectivity index (χ3n) is 11.2. The molecule has 2 aliphatic carbocycles. The Morgan fingerprint density at radius 2 is 2.02 bits per heavy atom. The normalized spacial score (nSPS) is 34.3. The first-order valence-corrected chi connectivity index (χ1v) is 18.9. The van der Waals surface area contributed by atoms with Crippen molar-refractivity contribution in [2.75, 3.05) is 38.3 Å².